The number of halogens is 2. The van der Waals surface area contributed by atoms with Crippen LogP contribution in [0.1, 0.15) is 43.8 Å². The van der Waals surface area contributed by atoms with E-state index in [9.17, 15) is 13.6 Å². The number of carbonyl (C=O) groups is 1. The van der Waals surface area contributed by atoms with Crippen LogP contribution >= 0.6 is 0 Å². The molecule has 1 aromatic carbocycles. The van der Waals surface area contributed by atoms with E-state index in [1.165, 1.54) is 0 Å². The van der Waals surface area contributed by atoms with E-state index < -0.39 is 17.8 Å². The highest BCUT2D eigenvalue weighted by molar-refractivity contribution is 5.79. The van der Waals surface area contributed by atoms with Crippen molar-refractivity contribution < 1.29 is 13.6 Å². The Morgan fingerprint density at radius 1 is 1.14 bits per heavy atom. The third kappa shape index (κ3) is 3.01. The van der Waals surface area contributed by atoms with E-state index in [0.717, 1.165) is 24.2 Å². The number of nitrogens with zero attached hydrogens (tertiary/aromatic N) is 3. The number of rotatable bonds is 3. The van der Waals surface area contributed by atoms with Crippen LogP contribution in [0.5, 0.6) is 0 Å². The van der Waals surface area contributed by atoms with Crippen LogP contribution < -0.4 is 0 Å². The van der Waals surface area contributed by atoms with E-state index in [1.54, 1.807) is 0 Å². The Morgan fingerprint density at radius 3 is 2.75 bits per heavy atom. The van der Waals surface area contributed by atoms with Crippen LogP contribution in [0.3, 0.4) is 0 Å². The molecule has 1 saturated heterocycles. The van der Waals surface area contributed by atoms with Crippen LogP contribution in [-0.4, -0.2) is 45.0 Å². The van der Waals surface area contributed by atoms with Gasteiger partial charge in [-0.15, -0.1) is 0 Å². The third-order valence-corrected chi connectivity index (χ3v) is 6.73. The van der Waals surface area contributed by atoms with Crippen molar-refractivity contribution in [3.63, 3.8) is 0 Å². The SMILES string of the molecule is O=C(C1CCC2C(C1)C2(F)F)N1CCCC(c2nc(-c3ccccc3)n[nH]2)C1. The van der Waals surface area contributed by atoms with Gasteiger partial charge >= 0.3 is 0 Å². The lowest BCUT2D eigenvalue weighted by Crippen LogP contribution is -2.43. The number of likely N-dealkylation sites (tertiary alicyclic amines) is 1. The maximum Gasteiger partial charge on any atom is 0.254 e. The summed E-state index contributed by atoms with van der Waals surface area (Å²) in [4.78, 5) is 19.5. The highest BCUT2D eigenvalue weighted by Gasteiger charge is 2.69. The molecule has 2 saturated carbocycles. The average Bonchev–Trinajstić information content (AvgIpc) is 3.09. The molecule has 5 rings (SSSR count). The van der Waals surface area contributed by atoms with Gasteiger partial charge in [0.1, 0.15) is 5.82 Å². The number of hydrogen-bond acceptors (Lipinski definition) is 3. The maximum absolute atomic E-state index is 13.7. The first-order valence-electron chi connectivity index (χ1n) is 10.2. The Hall–Kier alpha value is -2.31. The predicted molar refractivity (Wildman–Crippen MR) is 99.6 cm³/mol. The molecule has 1 aliphatic heterocycles. The summed E-state index contributed by atoms with van der Waals surface area (Å²) in [5.41, 5.74) is 0.955. The molecule has 0 spiro atoms. The molecule has 3 fully saturated rings. The lowest BCUT2D eigenvalue weighted by atomic mass is 9.87. The molecule has 1 aromatic heterocycles. The second kappa shape index (κ2) is 6.64. The van der Waals surface area contributed by atoms with Gasteiger partial charge in [0.05, 0.1) is 0 Å². The van der Waals surface area contributed by atoms with Gasteiger partial charge in [0, 0.05) is 42.3 Å². The molecular weight excluding hydrogens is 362 g/mol. The van der Waals surface area contributed by atoms with E-state index in [1.807, 2.05) is 35.2 Å². The number of hydrogen-bond donors (Lipinski definition) is 1. The molecule has 1 amide bonds. The topological polar surface area (TPSA) is 61.9 Å². The number of H-pyrrole nitrogens is 1. The summed E-state index contributed by atoms with van der Waals surface area (Å²) in [6, 6.07) is 9.78. The number of benzene rings is 1. The van der Waals surface area contributed by atoms with Gasteiger partial charge in [-0.3, -0.25) is 9.89 Å². The standard InChI is InChI=1S/C21H24F2N4O/c22-21(23)16-9-8-14(11-17(16)21)20(28)27-10-4-7-15(12-27)19-24-18(25-26-19)13-5-2-1-3-6-13/h1-3,5-6,14-17H,4,7-12H2,(H,24,25,26). The monoisotopic (exact) mass is 386 g/mol. The number of aromatic amines is 1. The van der Waals surface area contributed by atoms with Crippen LogP contribution in [-0.2, 0) is 4.79 Å². The van der Waals surface area contributed by atoms with Crippen molar-refractivity contribution in [3.05, 3.63) is 36.2 Å². The minimum absolute atomic E-state index is 0.0497. The number of carbonyl (C=O) groups excluding carboxylic acids is 1. The summed E-state index contributed by atoms with van der Waals surface area (Å²) in [6.07, 6.45) is 3.26. The zero-order valence-corrected chi connectivity index (χ0v) is 15.7. The fourth-order valence-electron chi connectivity index (χ4n) is 5.04. The molecule has 4 atom stereocenters. The Bertz CT molecular complexity index is 868. The molecule has 1 N–H and O–H groups in total. The van der Waals surface area contributed by atoms with E-state index in [2.05, 4.69) is 15.2 Å². The van der Waals surface area contributed by atoms with Crippen LogP contribution in [0.2, 0.25) is 0 Å². The number of alkyl halides is 2. The summed E-state index contributed by atoms with van der Waals surface area (Å²) in [5.74, 6) is -2.21. The number of nitrogens with one attached hydrogen (secondary N) is 1. The second-order valence-corrected chi connectivity index (χ2v) is 8.43. The quantitative estimate of drug-likeness (QED) is 0.871. The molecule has 28 heavy (non-hydrogen) atoms. The van der Waals surface area contributed by atoms with Crippen molar-refractivity contribution in [3.8, 4) is 11.4 Å². The fraction of sp³-hybridized carbons (Fsp3) is 0.571. The van der Waals surface area contributed by atoms with Crippen molar-refractivity contribution in [1.29, 1.82) is 0 Å². The van der Waals surface area contributed by atoms with Crippen LogP contribution in [0.25, 0.3) is 11.4 Å². The lowest BCUT2D eigenvalue weighted by molar-refractivity contribution is -0.138. The normalized spacial score (nSPS) is 31.3. The van der Waals surface area contributed by atoms with Gasteiger partial charge < -0.3 is 4.90 Å². The summed E-state index contributed by atoms with van der Waals surface area (Å²) in [6.45, 7) is 1.29. The number of aromatic nitrogens is 3. The van der Waals surface area contributed by atoms with E-state index in [0.29, 0.717) is 38.2 Å². The summed E-state index contributed by atoms with van der Waals surface area (Å²) in [5, 5.41) is 7.37. The first-order valence-corrected chi connectivity index (χ1v) is 10.2. The molecule has 2 aliphatic carbocycles. The van der Waals surface area contributed by atoms with Gasteiger partial charge in [-0.2, -0.15) is 5.10 Å². The Balaban J connectivity index is 1.25. The highest BCUT2D eigenvalue weighted by atomic mass is 19.3. The molecule has 0 bridgehead atoms. The van der Waals surface area contributed by atoms with Gasteiger partial charge in [-0.05, 0) is 32.1 Å². The molecule has 3 aliphatic rings. The Morgan fingerprint density at radius 2 is 1.96 bits per heavy atom. The number of amides is 1. The van der Waals surface area contributed by atoms with Gasteiger partial charge in [0.25, 0.3) is 5.92 Å². The predicted octanol–water partition coefficient (Wildman–Crippen LogP) is 3.86. The van der Waals surface area contributed by atoms with Crippen LogP contribution in [0.4, 0.5) is 8.78 Å². The average molecular weight is 386 g/mol. The van der Waals surface area contributed by atoms with Gasteiger partial charge in [-0.1, -0.05) is 30.3 Å². The maximum atomic E-state index is 13.7. The van der Waals surface area contributed by atoms with Crippen LogP contribution in [0.15, 0.2) is 30.3 Å². The van der Waals surface area contributed by atoms with Gasteiger partial charge in [0.15, 0.2) is 5.82 Å². The van der Waals surface area contributed by atoms with Crippen molar-refractivity contribution in [2.45, 2.75) is 43.9 Å². The molecule has 2 aromatic rings. The number of piperidine rings is 1. The summed E-state index contributed by atoms with van der Waals surface area (Å²) >= 11 is 0. The van der Waals surface area contributed by atoms with E-state index in [4.69, 9.17) is 0 Å². The minimum Gasteiger partial charge on any atom is -0.342 e. The largest absolute Gasteiger partial charge is 0.342 e. The first kappa shape index (κ1) is 17.8. The van der Waals surface area contributed by atoms with E-state index in [-0.39, 0.29) is 17.7 Å². The molecule has 5 nitrogen and oxygen atoms in total. The van der Waals surface area contributed by atoms with Crippen molar-refractivity contribution in [1.82, 2.24) is 20.1 Å². The molecule has 7 heteroatoms. The van der Waals surface area contributed by atoms with E-state index >= 15 is 0 Å². The molecule has 2 heterocycles. The van der Waals surface area contributed by atoms with Crippen molar-refractivity contribution >= 4 is 5.91 Å². The minimum atomic E-state index is -2.53. The third-order valence-electron chi connectivity index (χ3n) is 6.73. The lowest BCUT2D eigenvalue weighted by Gasteiger charge is -2.34. The van der Waals surface area contributed by atoms with Crippen molar-refractivity contribution in [2.24, 2.45) is 17.8 Å². The molecular formula is C21H24F2N4O. The zero-order chi connectivity index (χ0) is 19.3. The van der Waals surface area contributed by atoms with Gasteiger partial charge in [-0.25, -0.2) is 13.8 Å². The fourth-order valence-corrected chi connectivity index (χ4v) is 5.04. The van der Waals surface area contributed by atoms with Crippen LogP contribution in [0, 0.1) is 17.8 Å². The second-order valence-electron chi connectivity index (χ2n) is 8.43. The Kier molecular flexibility index (Phi) is 4.21. The van der Waals surface area contributed by atoms with Crippen molar-refractivity contribution in [2.75, 3.05) is 13.1 Å². The highest BCUT2D eigenvalue weighted by Crippen LogP contribution is 2.63. The first-order chi connectivity index (χ1) is 13.5. The molecule has 148 valence electrons. The molecule has 4 unspecified atom stereocenters. The smallest absolute Gasteiger partial charge is 0.254 e. The number of fused-ring (bicyclic) bond motifs is 1. The molecule has 0 radical (unpaired) electrons. The summed E-state index contributed by atoms with van der Waals surface area (Å²) in [7, 11) is 0. The van der Waals surface area contributed by atoms with Gasteiger partial charge in [0.2, 0.25) is 5.91 Å². The Labute approximate surface area is 162 Å². The zero-order valence-electron chi connectivity index (χ0n) is 15.7. The summed E-state index contributed by atoms with van der Waals surface area (Å²) < 4.78 is 27.3.